The van der Waals surface area contributed by atoms with Crippen LogP contribution >= 0.6 is 0 Å². The molecular formula is C22H31N3O4Si. The van der Waals surface area contributed by atoms with Gasteiger partial charge in [0.15, 0.2) is 0 Å². The number of hydrogen-bond acceptors (Lipinski definition) is 6. The molecule has 0 amide bonds. The van der Waals surface area contributed by atoms with Crippen molar-refractivity contribution in [3.8, 4) is 11.4 Å². The second kappa shape index (κ2) is 10.2. The molecule has 0 aliphatic heterocycles. The normalized spacial score (nSPS) is 13.0. The zero-order valence-electron chi connectivity index (χ0n) is 18.4. The average Bonchev–Trinajstić information content (AvgIpc) is 3.17. The van der Waals surface area contributed by atoms with Crippen LogP contribution in [0.4, 0.5) is 0 Å². The summed E-state index contributed by atoms with van der Waals surface area (Å²) in [6.45, 7) is 12.0. The molecule has 30 heavy (non-hydrogen) atoms. The first-order valence-electron chi connectivity index (χ1n) is 10.5. The van der Waals surface area contributed by atoms with Crippen molar-refractivity contribution in [2.45, 2.75) is 40.2 Å². The molecule has 0 aliphatic carbocycles. The van der Waals surface area contributed by atoms with E-state index in [4.69, 9.17) is 18.0 Å². The summed E-state index contributed by atoms with van der Waals surface area (Å²) < 4.78 is 24.3. The molecule has 7 nitrogen and oxygen atoms in total. The van der Waals surface area contributed by atoms with Crippen LogP contribution < -0.4 is 4.74 Å². The monoisotopic (exact) mass is 429 g/mol. The number of aryl methyl sites for hydroxylation is 1. The molecule has 0 aliphatic rings. The van der Waals surface area contributed by atoms with Gasteiger partial charge in [-0.1, -0.05) is 25.1 Å². The molecule has 0 spiro atoms. The van der Waals surface area contributed by atoms with Gasteiger partial charge in [-0.3, -0.25) is 0 Å². The Bertz CT molecular complexity index is 912. The predicted octanol–water partition coefficient (Wildman–Crippen LogP) is 4.55. The highest BCUT2D eigenvalue weighted by molar-refractivity contribution is 6.62. The summed E-state index contributed by atoms with van der Waals surface area (Å²) in [4.78, 5) is 1.63. The lowest BCUT2D eigenvalue weighted by Gasteiger charge is -2.33. The number of ether oxygens (including phenoxy) is 1. The number of rotatable bonds is 11. The predicted molar refractivity (Wildman–Crippen MR) is 119 cm³/mol. The second-order valence-corrected chi connectivity index (χ2v) is 10.1. The smallest absolute Gasteiger partial charge is 0.491 e. The first-order chi connectivity index (χ1) is 14.5. The number of aromatic nitrogens is 3. The summed E-state index contributed by atoms with van der Waals surface area (Å²) in [5.41, 5.74) is 3.56. The lowest BCUT2D eigenvalue weighted by atomic mass is 10.2. The topological polar surface area (TPSA) is 67.6 Å². The maximum atomic E-state index is 6.24. The van der Waals surface area contributed by atoms with E-state index in [1.807, 2.05) is 70.2 Å². The fourth-order valence-corrected chi connectivity index (χ4v) is 5.94. The van der Waals surface area contributed by atoms with Gasteiger partial charge in [-0.15, -0.1) is 15.0 Å². The molecule has 1 atom stereocenters. The Morgan fingerprint density at radius 2 is 1.47 bits per heavy atom. The zero-order valence-corrected chi connectivity index (χ0v) is 19.4. The van der Waals surface area contributed by atoms with Crippen molar-refractivity contribution in [2.75, 3.05) is 26.4 Å². The number of nitrogens with zero attached hydrogens (tertiary/aromatic N) is 3. The minimum atomic E-state index is -2.85. The van der Waals surface area contributed by atoms with Gasteiger partial charge < -0.3 is 18.0 Å². The zero-order chi connectivity index (χ0) is 21.6. The van der Waals surface area contributed by atoms with Crippen LogP contribution in [0, 0.1) is 6.92 Å². The van der Waals surface area contributed by atoms with Gasteiger partial charge in [-0.2, -0.15) is 0 Å². The van der Waals surface area contributed by atoms with Gasteiger partial charge in [-0.05, 0) is 57.5 Å². The molecule has 2 aromatic carbocycles. The average molecular weight is 430 g/mol. The summed E-state index contributed by atoms with van der Waals surface area (Å²) in [5.74, 6) is 0.708. The second-order valence-electron chi connectivity index (χ2n) is 7.06. The minimum Gasteiger partial charge on any atom is -0.491 e. The molecule has 1 aromatic heterocycles. The van der Waals surface area contributed by atoms with Gasteiger partial charge in [0.2, 0.25) is 0 Å². The highest BCUT2D eigenvalue weighted by atomic mass is 28.4. The van der Waals surface area contributed by atoms with Crippen molar-refractivity contribution in [3.63, 3.8) is 0 Å². The molecule has 3 aromatic rings. The summed E-state index contributed by atoms with van der Waals surface area (Å²) in [6.07, 6.45) is 0. The summed E-state index contributed by atoms with van der Waals surface area (Å²) in [6, 6.07) is 13.8. The lowest BCUT2D eigenvalue weighted by Crippen LogP contribution is -2.51. The maximum Gasteiger partial charge on any atom is 0.507 e. The fourth-order valence-electron chi connectivity index (χ4n) is 3.35. The third-order valence-corrected chi connectivity index (χ3v) is 8.19. The van der Waals surface area contributed by atoms with E-state index in [0.717, 1.165) is 22.3 Å². The summed E-state index contributed by atoms with van der Waals surface area (Å²) in [7, 11) is -2.85. The van der Waals surface area contributed by atoms with E-state index >= 15 is 0 Å². The highest BCUT2D eigenvalue weighted by Crippen LogP contribution is 2.29. The van der Waals surface area contributed by atoms with Gasteiger partial charge in [-0.25, -0.2) is 0 Å². The van der Waals surface area contributed by atoms with Crippen LogP contribution in [0.2, 0.25) is 5.54 Å². The number of hydrogen-bond donors (Lipinski definition) is 0. The van der Waals surface area contributed by atoms with Gasteiger partial charge in [0.05, 0.1) is 12.1 Å². The van der Waals surface area contributed by atoms with E-state index in [0.29, 0.717) is 32.2 Å². The van der Waals surface area contributed by atoms with Crippen LogP contribution in [-0.2, 0) is 13.3 Å². The van der Waals surface area contributed by atoms with Crippen LogP contribution in [-0.4, -0.2) is 50.2 Å². The third kappa shape index (κ3) is 4.89. The Balaban J connectivity index is 1.86. The molecule has 0 radical (unpaired) electrons. The Labute approximate surface area is 179 Å². The summed E-state index contributed by atoms with van der Waals surface area (Å²) >= 11 is 0. The Kier molecular flexibility index (Phi) is 7.60. The standard InChI is InChI=1S/C22H31N3O4Si/c1-6-27-30(28-7-2,29-8-3)18(5)16-26-22-14-13-17(4)15-21(22)25-23-19-11-9-10-12-20(19)24-25/h9-15,18H,6-8,16H2,1-5H3. The van der Waals surface area contributed by atoms with Crippen LogP contribution in [0.1, 0.15) is 33.3 Å². The van der Waals surface area contributed by atoms with E-state index in [1.54, 1.807) is 4.80 Å². The van der Waals surface area contributed by atoms with Gasteiger partial charge in [0.25, 0.3) is 0 Å². The Morgan fingerprint density at radius 1 is 0.900 bits per heavy atom. The van der Waals surface area contributed by atoms with E-state index in [2.05, 4.69) is 17.1 Å². The van der Waals surface area contributed by atoms with E-state index in [-0.39, 0.29) is 5.54 Å². The van der Waals surface area contributed by atoms with Crippen LogP contribution in [0.15, 0.2) is 42.5 Å². The molecular weight excluding hydrogens is 398 g/mol. The van der Waals surface area contributed by atoms with Crippen LogP contribution in [0.5, 0.6) is 5.75 Å². The van der Waals surface area contributed by atoms with Crippen molar-refractivity contribution < 1.29 is 18.0 Å². The number of benzene rings is 2. The molecule has 0 fully saturated rings. The Morgan fingerprint density at radius 3 is 2.00 bits per heavy atom. The molecule has 1 unspecified atom stereocenters. The quantitative estimate of drug-likeness (QED) is 0.417. The first-order valence-corrected chi connectivity index (χ1v) is 12.3. The van der Waals surface area contributed by atoms with Crippen molar-refractivity contribution in [1.29, 1.82) is 0 Å². The molecule has 0 N–H and O–H groups in total. The van der Waals surface area contributed by atoms with Gasteiger partial charge in [0, 0.05) is 19.8 Å². The van der Waals surface area contributed by atoms with E-state index in [1.165, 1.54) is 0 Å². The minimum absolute atomic E-state index is 0.0313. The molecule has 3 rings (SSSR count). The van der Waals surface area contributed by atoms with E-state index < -0.39 is 8.80 Å². The van der Waals surface area contributed by atoms with Gasteiger partial charge in [0.1, 0.15) is 22.5 Å². The molecule has 0 saturated heterocycles. The highest BCUT2D eigenvalue weighted by Gasteiger charge is 2.47. The van der Waals surface area contributed by atoms with E-state index in [9.17, 15) is 0 Å². The Hall–Kier alpha value is -2.26. The van der Waals surface area contributed by atoms with Crippen molar-refractivity contribution in [3.05, 3.63) is 48.0 Å². The molecule has 162 valence electrons. The molecule has 0 bridgehead atoms. The number of fused-ring (bicyclic) bond motifs is 1. The van der Waals surface area contributed by atoms with Gasteiger partial charge >= 0.3 is 8.80 Å². The van der Waals surface area contributed by atoms with Crippen LogP contribution in [0.25, 0.3) is 16.7 Å². The lowest BCUT2D eigenvalue weighted by molar-refractivity contribution is 0.0566. The molecule has 8 heteroatoms. The first kappa shape index (κ1) is 22.4. The largest absolute Gasteiger partial charge is 0.507 e. The van der Waals surface area contributed by atoms with Crippen molar-refractivity contribution in [1.82, 2.24) is 15.0 Å². The molecule has 0 saturated carbocycles. The maximum absolute atomic E-state index is 6.24. The molecule has 1 heterocycles. The third-order valence-electron chi connectivity index (χ3n) is 4.75. The van der Waals surface area contributed by atoms with Crippen LogP contribution in [0.3, 0.4) is 0 Å². The van der Waals surface area contributed by atoms with Crippen molar-refractivity contribution >= 4 is 19.8 Å². The van der Waals surface area contributed by atoms with Crippen molar-refractivity contribution in [2.24, 2.45) is 0 Å². The fraction of sp³-hybridized carbons (Fsp3) is 0.455. The SMILES string of the molecule is CCO[Si](OCC)(OCC)C(C)COc1ccc(C)cc1-n1nc2ccccc2n1. The summed E-state index contributed by atoms with van der Waals surface area (Å²) in [5, 5.41) is 9.22.